The fourth-order valence-electron chi connectivity index (χ4n) is 3.18. The number of ether oxygens (including phenoxy) is 1. The van der Waals surface area contributed by atoms with E-state index in [0.29, 0.717) is 31.0 Å². The fourth-order valence-corrected chi connectivity index (χ4v) is 3.18. The third-order valence-electron chi connectivity index (χ3n) is 4.71. The Hall–Kier alpha value is -2.87. The number of hydrogen-bond donors (Lipinski definition) is 0. The first-order valence-electron chi connectivity index (χ1n) is 9.03. The molecule has 1 aliphatic heterocycles. The lowest BCUT2D eigenvalue weighted by molar-refractivity contribution is -0.134. The number of hydrogen-bond acceptors (Lipinski definition) is 5. The first-order valence-corrected chi connectivity index (χ1v) is 9.03. The molecule has 0 spiro atoms. The first-order chi connectivity index (χ1) is 13.4. The van der Waals surface area contributed by atoms with Gasteiger partial charge >= 0.3 is 0 Å². The maximum atomic E-state index is 13.2. The second-order valence-electron chi connectivity index (χ2n) is 6.82. The molecule has 0 aliphatic carbocycles. The highest BCUT2D eigenvalue weighted by molar-refractivity contribution is 5.95. The number of likely N-dealkylation sites (N-methyl/N-ethyl adjacent to an activating group) is 1. The molecular formula is C20H23FN4O3. The monoisotopic (exact) mass is 386 g/mol. The van der Waals surface area contributed by atoms with Crippen molar-refractivity contribution in [2.75, 3.05) is 25.7 Å². The molecular weight excluding hydrogens is 363 g/mol. The van der Waals surface area contributed by atoms with Crippen molar-refractivity contribution in [1.82, 2.24) is 14.9 Å². The number of carbonyl (C=O) groups excluding carboxylic acids is 2. The highest BCUT2D eigenvalue weighted by Gasteiger charge is 2.28. The van der Waals surface area contributed by atoms with Gasteiger partial charge in [0.25, 0.3) is 0 Å². The summed E-state index contributed by atoms with van der Waals surface area (Å²) in [5.41, 5.74) is 2.54. The fraction of sp³-hybridized carbons (Fsp3) is 0.400. The highest BCUT2D eigenvalue weighted by Crippen LogP contribution is 2.29. The van der Waals surface area contributed by atoms with Gasteiger partial charge in [0.1, 0.15) is 24.1 Å². The van der Waals surface area contributed by atoms with Crippen molar-refractivity contribution >= 4 is 17.6 Å². The quantitative estimate of drug-likeness (QED) is 0.759. The van der Waals surface area contributed by atoms with Gasteiger partial charge in [-0.2, -0.15) is 0 Å². The van der Waals surface area contributed by atoms with Gasteiger partial charge in [0, 0.05) is 31.8 Å². The number of halogens is 1. The molecule has 0 bridgehead atoms. The second-order valence-corrected chi connectivity index (χ2v) is 6.82. The zero-order valence-corrected chi connectivity index (χ0v) is 16.2. The Morgan fingerprint density at radius 3 is 2.64 bits per heavy atom. The molecule has 0 saturated carbocycles. The molecule has 8 heteroatoms. The lowest BCUT2D eigenvalue weighted by Crippen LogP contribution is -2.37. The normalized spacial score (nSPS) is 13.4. The smallest absolute Gasteiger partial charge is 0.248 e. The summed E-state index contributed by atoms with van der Waals surface area (Å²) in [7, 11) is 3.12. The topological polar surface area (TPSA) is 75.6 Å². The van der Waals surface area contributed by atoms with E-state index in [0.717, 1.165) is 16.8 Å². The molecule has 3 rings (SSSR count). The molecule has 1 aromatic carbocycles. The van der Waals surface area contributed by atoms with E-state index in [1.165, 1.54) is 24.1 Å². The second kappa shape index (κ2) is 8.43. The molecule has 7 nitrogen and oxygen atoms in total. The Balaban J connectivity index is 1.89. The van der Waals surface area contributed by atoms with Crippen LogP contribution in [0.2, 0.25) is 0 Å². The van der Waals surface area contributed by atoms with Gasteiger partial charge in [-0.3, -0.25) is 14.5 Å². The number of anilines is 1. The van der Waals surface area contributed by atoms with Gasteiger partial charge in [0.2, 0.25) is 11.8 Å². The summed E-state index contributed by atoms with van der Waals surface area (Å²) >= 11 is 0. The van der Waals surface area contributed by atoms with E-state index in [4.69, 9.17) is 4.74 Å². The zero-order valence-electron chi connectivity index (χ0n) is 16.2. The van der Waals surface area contributed by atoms with Gasteiger partial charge in [-0.05, 0) is 31.0 Å². The molecule has 0 saturated heterocycles. The van der Waals surface area contributed by atoms with Crippen molar-refractivity contribution in [2.24, 2.45) is 0 Å². The van der Waals surface area contributed by atoms with Gasteiger partial charge in [-0.15, -0.1) is 0 Å². The Morgan fingerprint density at radius 2 is 1.96 bits per heavy atom. The van der Waals surface area contributed by atoms with Gasteiger partial charge < -0.3 is 9.64 Å². The van der Waals surface area contributed by atoms with Crippen molar-refractivity contribution in [3.05, 3.63) is 52.7 Å². The number of amides is 2. The number of aryl methyl sites for hydroxylation is 1. The van der Waals surface area contributed by atoms with Gasteiger partial charge in [-0.25, -0.2) is 14.4 Å². The summed E-state index contributed by atoms with van der Waals surface area (Å²) in [6.07, 6.45) is 0.961. The summed E-state index contributed by atoms with van der Waals surface area (Å²) in [5, 5.41) is 0. The Kier molecular flexibility index (Phi) is 5.99. The Labute approximate surface area is 163 Å². The molecule has 0 atom stereocenters. The third kappa shape index (κ3) is 4.33. The number of fused-ring (bicyclic) bond motifs is 1. The summed E-state index contributed by atoms with van der Waals surface area (Å²) in [4.78, 5) is 36.7. The van der Waals surface area contributed by atoms with Crippen LogP contribution in [0.4, 0.5) is 10.2 Å². The van der Waals surface area contributed by atoms with Crippen molar-refractivity contribution in [3.63, 3.8) is 0 Å². The van der Waals surface area contributed by atoms with Crippen LogP contribution in [0.5, 0.6) is 0 Å². The summed E-state index contributed by atoms with van der Waals surface area (Å²) in [6, 6.07) is 6.06. The maximum Gasteiger partial charge on any atom is 0.248 e. The average Bonchev–Trinajstić information content (AvgIpc) is 2.66. The van der Waals surface area contributed by atoms with E-state index in [2.05, 4.69) is 9.97 Å². The number of nitrogens with zero attached hydrogens (tertiary/aromatic N) is 4. The molecule has 1 aromatic heterocycles. The Morgan fingerprint density at radius 1 is 1.25 bits per heavy atom. The van der Waals surface area contributed by atoms with Gasteiger partial charge in [0.15, 0.2) is 0 Å². The molecule has 2 heterocycles. The van der Waals surface area contributed by atoms with Gasteiger partial charge in [-0.1, -0.05) is 12.1 Å². The van der Waals surface area contributed by atoms with Crippen LogP contribution in [0.25, 0.3) is 0 Å². The van der Waals surface area contributed by atoms with Crippen molar-refractivity contribution in [3.8, 4) is 0 Å². The number of rotatable bonds is 6. The molecule has 1 aliphatic rings. The molecule has 2 aromatic rings. The average molecular weight is 386 g/mol. The summed E-state index contributed by atoms with van der Waals surface area (Å²) in [6.45, 7) is 2.39. The highest BCUT2D eigenvalue weighted by atomic mass is 19.1. The standard InChI is InChI=1S/C20H23FN4O3/c1-13-16-8-9-18(26)25(10-14-4-6-15(21)7-5-14)20(16)23-17(22-13)11-24(2)19(27)12-28-3/h4-7H,8-12H2,1-3H3. The maximum absolute atomic E-state index is 13.2. The molecule has 0 unspecified atom stereocenters. The number of aromatic nitrogens is 2. The van der Waals surface area contributed by atoms with Crippen LogP contribution >= 0.6 is 0 Å². The number of benzene rings is 1. The van der Waals surface area contributed by atoms with Crippen LogP contribution in [0, 0.1) is 12.7 Å². The molecule has 28 heavy (non-hydrogen) atoms. The zero-order chi connectivity index (χ0) is 20.3. The summed E-state index contributed by atoms with van der Waals surface area (Å²) in [5.74, 6) is 0.487. The van der Waals surface area contributed by atoms with Crippen LogP contribution in [0.3, 0.4) is 0 Å². The van der Waals surface area contributed by atoms with Crippen LogP contribution in [-0.4, -0.2) is 47.4 Å². The minimum atomic E-state index is -0.321. The molecule has 0 N–H and O–H groups in total. The lowest BCUT2D eigenvalue weighted by Gasteiger charge is -2.30. The van der Waals surface area contributed by atoms with Crippen LogP contribution in [0.1, 0.15) is 29.1 Å². The van der Waals surface area contributed by atoms with E-state index >= 15 is 0 Å². The number of carbonyl (C=O) groups is 2. The van der Waals surface area contributed by atoms with Crippen molar-refractivity contribution < 1.29 is 18.7 Å². The minimum absolute atomic E-state index is 0.0183. The summed E-state index contributed by atoms with van der Waals surface area (Å²) < 4.78 is 18.1. The molecule has 0 radical (unpaired) electrons. The SMILES string of the molecule is COCC(=O)N(C)Cc1nc(C)c2c(n1)N(Cc1ccc(F)cc1)C(=O)CC2. The van der Waals surface area contributed by atoms with Crippen LogP contribution in [-0.2, 0) is 33.8 Å². The largest absolute Gasteiger partial charge is 0.375 e. The minimum Gasteiger partial charge on any atom is -0.375 e. The van der Waals surface area contributed by atoms with E-state index in [1.807, 2.05) is 6.92 Å². The Bertz CT molecular complexity index is 886. The van der Waals surface area contributed by atoms with E-state index in [1.54, 1.807) is 24.1 Å². The molecule has 0 fully saturated rings. The third-order valence-corrected chi connectivity index (χ3v) is 4.71. The first kappa shape index (κ1) is 19.9. The van der Waals surface area contributed by atoms with Crippen molar-refractivity contribution in [2.45, 2.75) is 32.9 Å². The molecule has 148 valence electrons. The van der Waals surface area contributed by atoms with E-state index in [-0.39, 0.29) is 30.8 Å². The lowest BCUT2D eigenvalue weighted by atomic mass is 10.0. The predicted molar refractivity (Wildman–Crippen MR) is 101 cm³/mol. The van der Waals surface area contributed by atoms with Crippen molar-refractivity contribution in [1.29, 1.82) is 0 Å². The van der Waals surface area contributed by atoms with Gasteiger partial charge in [0.05, 0.1) is 13.1 Å². The number of methoxy groups -OCH3 is 1. The van der Waals surface area contributed by atoms with Crippen LogP contribution in [0.15, 0.2) is 24.3 Å². The van der Waals surface area contributed by atoms with Crippen LogP contribution < -0.4 is 4.90 Å². The predicted octanol–water partition coefficient (Wildman–Crippen LogP) is 2.01. The van der Waals surface area contributed by atoms with E-state index in [9.17, 15) is 14.0 Å². The molecule has 2 amide bonds. The van der Waals surface area contributed by atoms with E-state index < -0.39 is 0 Å².